The summed E-state index contributed by atoms with van der Waals surface area (Å²) in [7, 11) is 4.88. The monoisotopic (exact) mass is 1350 g/mol. The number of carbonyl (C=O) groups is 6. The highest BCUT2D eigenvalue weighted by atomic mass is 32.1. The molecule has 1 fully saturated rings. The van der Waals surface area contributed by atoms with Crippen molar-refractivity contribution in [3.05, 3.63) is 112 Å². The number of pyridine rings is 1. The molecule has 12 bridgehead atoms. The van der Waals surface area contributed by atoms with Crippen molar-refractivity contribution in [1.29, 1.82) is 0 Å². The van der Waals surface area contributed by atoms with E-state index in [2.05, 4.69) is 36.2 Å². The second kappa shape index (κ2) is 25.7. The third-order valence-electron chi connectivity index (χ3n) is 15.8. The number of fused-ring (bicyclic) bond motifs is 15. The molecule has 12 rings (SSSR count). The van der Waals surface area contributed by atoms with Crippen LogP contribution in [0, 0.1) is 0 Å². The van der Waals surface area contributed by atoms with E-state index < -0.39 is 122 Å². The number of esters is 2. The fourth-order valence-electron chi connectivity index (χ4n) is 11.5. The van der Waals surface area contributed by atoms with E-state index in [1.807, 2.05) is 0 Å². The van der Waals surface area contributed by atoms with Crippen LogP contribution in [0.3, 0.4) is 0 Å². The minimum atomic E-state index is -1.89. The number of amides is 4. The molecular weight excluding hydrogens is 1300 g/mol. The van der Waals surface area contributed by atoms with Crippen molar-refractivity contribution in [2.45, 2.75) is 114 Å². The van der Waals surface area contributed by atoms with E-state index in [9.17, 15) is 39.7 Å². The molecule has 10 atom stereocenters. The first kappa shape index (κ1) is 63.9. The highest BCUT2D eigenvalue weighted by Gasteiger charge is 2.50. The van der Waals surface area contributed by atoms with E-state index in [0.29, 0.717) is 21.0 Å². The molecule has 0 aliphatic carbocycles. The lowest BCUT2D eigenvalue weighted by atomic mass is 9.85. The van der Waals surface area contributed by atoms with Crippen LogP contribution in [0.25, 0.3) is 49.3 Å². The van der Waals surface area contributed by atoms with Crippen molar-refractivity contribution in [2.75, 3.05) is 27.8 Å². The van der Waals surface area contributed by atoms with E-state index in [-0.39, 0.29) is 106 Å². The van der Waals surface area contributed by atoms with Crippen LogP contribution in [-0.4, -0.2) is 172 Å². The average molecular weight is 1350 g/mol. The largest absolute Gasteiger partial charge is 0.506 e. The van der Waals surface area contributed by atoms with Gasteiger partial charge in [0.1, 0.15) is 114 Å². The topological polar surface area (TPSA) is 398 Å². The van der Waals surface area contributed by atoms with Crippen molar-refractivity contribution in [1.82, 2.24) is 60.8 Å². The van der Waals surface area contributed by atoms with Gasteiger partial charge in [0.05, 0.1) is 48.8 Å². The maximum atomic E-state index is 15.1. The van der Waals surface area contributed by atoms with Crippen LogP contribution in [0.5, 0.6) is 5.75 Å². The van der Waals surface area contributed by atoms with Crippen LogP contribution in [0.2, 0.25) is 0 Å². The van der Waals surface area contributed by atoms with Gasteiger partial charge in [0.2, 0.25) is 5.91 Å². The van der Waals surface area contributed by atoms with E-state index in [0.717, 1.165) is 45.3 Å². The van der Waals surface area contributed by atoms with Crippen molar-refractivity contribution in [3.8, 4) is 38.4 Å². The lowest BCUT2D eigenvalue weighted by molar-refractivity contribution is -0.280. The Hall–Kier alpha value is -8.26. The van der Waals surface area contributed by atoms with Gasteiger partial charge in [-0.1, -0.05) is 12.1 Å². The zero-order valence-corrected chi connectivity index (χ0v) is 53.9. The SMILES string of the molecule is CO/C(C)=C1/NC(=O)C(C(C)O)NC(=O)c2csc(n2)-c2cc(O)c(-c3nc(CN)cs3)nc2-c2csc(n2)C2COC(=O)c3c4c5c(cccc5n3O)COC(=O)C(OC3CC(C)(O)C(N(C)C)C(C)O3)C(OC4)C(NC(=O)c3csc1n3)c1nc(cs1)C(=O)N2. The summed E-state index contributed by atoms with van der Waals surface area (Å²) in [6.07, 6.45) is -7.38. The Kier molecular flexibility index (Phi) is 17.8. The highest BCUT2D eigenvalue weighted by Crippen LogP contribution is 2.43. The average Bonchev–Trinajstić information content (AvgIpc) is 1.56. The van der Waals surface area contributed by atoms with E-state index >= 15 is 9.59 Å². The molecule has 10 unspecified atom stereocenters. The van der Waals surface area contributed by atoms with Gasteiger partial charge in [-0.2, -0.15) is 4.73 Å². The Labute approximate surface area is 542 Å². The molecule has 10 N–H and O–H groups in total. The van der Waals surface area contributed by atoms with Crippen LogP contribution >= 0.6 is 56.7 Å². The minimum Gasteiger partial charge on any atom is -0.506 e. The standard InChI is InChI=1S/C58H59N13O16S5/c1-22(72)38-50(77)68-39(23(2)82-7)53-64-33(21-91-53)49(76)69-42-44-45(87-36-12-58(4,80)46(70(5)6)24(3)86-36)57(79)84-14-25-9-8-10-34-37(25)28(15-83-44)43(71(34)81)56(78)85-16-29(61-47(74)31-20-92-55(42)65-31)52-62-30(18-90-52)40-27(51-63-32(19-89-51)48(75)67-38)11-35(73)41(66-40)54-60-26(13-59)17-88-54/h8-11,17-22,24,29,36,38,42,44-46,72-73,80-81H,12-16,59H2,1-7H3,(H,61,74)(H,67,75)(H,68,77)(H,69,76)/b39-23+. The molecule has 29 nitrogen and oxygen atoms in total. The molecule has 0 radical (unpaired) electrons. The molecule has 92 heavy (non-hydrogen) atoms. The van der Waals surface area contributed by atoms with Gasteiger partial charge in [0, 0.05) is 56.4 Å². The minimum absolute atomic E-state index is 0.0103. The van der Waals surface area contributed by atoms with Crippen molar-refractivity contribution >= 4 is 109 Å². The number of aromatic nitrogens is 7. The van der Waals surface area contributed by atoms with Gasteiger partial charge in [-0.15, -0.1) is 56.7 Å². The number of rotatable bonds is 7. The number of carbonyl (C=O) groups excluding carboxylic acids is 6. The maximum absolute atomic E-state index is 15.1. The molecule has 7 aromatic heterocycles. The Bertz CT molecular complexity index is 4260. The predicted molar refractivity (Wildman–Crippen MR) is 332 cm³/mol. The Morgan fingerprint density at radius 3 is 2.24 bits per heavy atom. The fourth-order valence-corrected chi connectivity index (χ4v) is 15.7. The zero-order valence-electron chi connectivity index (χ0n) is 49.8. The second-order valence-corrected chi connectivity index (χ2v) is 26.7. The molecule has 4 aliphatic heterocycles. The first-order valence-corrected chi connectivity index (χ1v) is 32.8. The van der Waals surface area contributed by atoms with Gasteiger partial charge in [0.25, 0.3) is 17.7 Å². The van der Waals surface area contributed by atoms with Gasteiger partial charge >= 0.3 is 11.9 Å². The maximum Gasteiger partial charge on any atom is 0.358 e. The number of likely N-dealkylation sites (N-methyl/N-ethyl adjacent to an activating group) is 1. The lowest BCUT2D eigenvalue weighted by Gasteiger charge is -2.48. The van der Waals surface area contributed by atoms with Gasteiger partial charge in [-0.25, -0.2) is 39.5 Å². The fraction of sp³-hybridized carbons (Fsp3) is 0.379. The van der Waals surface area contributed by atoms with E-state index in [1.54, 1.807) is 55.7 Å². The number of nitrogens with one attached hydrogen (secondary N) is 4. The molecule has 482 valence electrons. The van der Waals surface area contributed by atoms with Crippen LogP contribution in [0.4, 0.5) is 0 Å². The van der Waals surface area contributed by atoms with E-state index in [1.165, 1.54) is 60.6 Å². The third kappa shape index (κ3) is 12.2. The zero-order chi connectivity index (χ0) is 65.2. The molecule has 4 amide bonds. The number of nitrogens with zero attached hydrogens (tertiary/aromatic N) is 8. The van der Waals surface area contributed by atoms with E-state index in [4.69, 9.17) is 49.1 Å². The number of aromatic hydroxyl groups is 1. The summed E-state index contributed by atoms with van der Waals surface area (Å²) in [6.45, 7) is 4.54. The summed E-state index contributed by atoms with van der Waals surface area (Å²) in [5.74, 6) is -5.96. The number of hydrogen-bond donors (Lipinski definition) is 9. The molecule has 8 aromatic rings. The third-order valence-corrected chi connectivity index (χ3v) is 20.3. The summed E-state index contributed by atoms with van der Waals surface area (Å²) in [5.41, 5.74) is 4.71. The van der Waals surface area contributed by atoms with Crippen LogP contribution < -0.4 is 27.0 Å². The van der Waals surface area contributed by atoms with Gasteiger partial charge in [-0.3, -0.25) is 19.2 Å². The number of aliphatic hydroxyl groups is 2. The number of ether oxygens (including phenoxy) is 6. The van der Waals surface area contributed by atoms with Crippen molar-refractivity contribution < 1.29 is 77.7 Å². The summed E-state index contributed by atoms with van der Waals surface area (Å²) in [6, 6.07) is 1.01. The first-order valence-electron chi connectivity index (χ1n) is 28.4. The van der Waals surface area contributed by atoms with Gasteiger partial charge in [-0.05, 0) is 59.5 Å². The first-order chi connectivity index (χ1) is 44.0. The van der Waals surface area contributed by atoms with Crippen molar-refractivity contribution in [2.24, 2.45) is 5.73 Å². The number of cyclic esters (lactones) is 2. The normalized spacial score (nSPS) is 25.0. The smallest absolute Gasteiger partial charge is 0.358 e. The Balaban J connectivity index is 1.05. The number of nitrogens with two attached hydrogens (primary N) is 1. The summed E-state index contributed by atoms with van der Waals surface area (Å²) in [5, 5.41) is 66.1. The molecule has 11 heterocycles. The number of allylic oxidation sites excluding steroid dienone is 1. The summed E-state index contributed by atoms with van der Waals surface area (Å²) < 4.78 is 38.2. The van der Waals surface area contributed by atoms with Crippen LogP contribution in [0.15, 0.2) is 56.9 Å². The molecule has 34 heteroatoms. The number of methoxy groups -OCH3 is 1. The van der Waals surface area contributed by atoms with Gasteiger partial charge < -0.3 is 80.8 Å². The summed E-state index contributed by atoms with van der Waals surface area (Å²) >= 11 is 4.95. The molecule has 0 spiro atoms. The number of thiazole rings is 5. The molecule has 1 saturated heterocycles. The predicted octanol–water partition coefficient (Wildman–Crippen LogP) is 4.62. The number of hydrogen-bond acceptors (Lipinski definition) is 29. The quantitative estimate of drug-likeness (QED) is 0.0597. The summed E-state index contributed by atoms with van der Waals surface area (Å²) in [4.78, 5) is 119. The Morgan fingerprint density at radius 2 is 1.52 bits per heavy atom. The van der Waals surface area contributed by atoms with Crippen molar-refractivity contribution in [3.63, 3.8) is 0 Å². The molecule has 0 saturated carbocycles. The second-order valence-electron chi connectivity index (χ2n) is 22.3. The van der Waals surface area contributed by atoms with Crippen LogP contribution in [-0.2, 0) is 57.8 Å². The Morgan fingerprint density at radius 1 is 0.848 bits per heavy atom. The van der Waals surface area contributed by atoms with Crippen LogP contribution in [0.1, 0.15) is 120 Å². The highest BCUT2D eigenvalue weighted by molar-refractivity contribution is 7.14. The van der Waals surface area contributed by atoms with Gasteiger partial charge in [0.15, 0.2) is 18.1 Å². The lowest BCUT2D eigenvalue weighted by Crippen LogP contribution is -2.62. The number of aliphatic hydroxyl groups excluding tert-OH is 1. The molecular formula is C58H59N13O16S5. The number of benzene rings is 1. The molecule has 1 aromatic carbocycles. The molecule has 4 aliphatic rings.